The second-order valence-corrected chi connectivity index (χ2v) is 5.19. The summed E-state index contributed by atoms with van der Waals surface area (Å²) >= 11 is 0. The van der Waals surface area contributed by atoms with E-state index in [0.717, 1.165) is 34.6 Å². The van der Waals surface area contributed by atoms with Gasteiger partial charge < -0.3 is 19.5 Å². The Kier molecular flexibility index (Phi) is 4.70. The zero-order chi connectivity index (χ0) is 16.9. The van der Waals surface area contributed by atoms with Gasteiger partial charge in [-0.3, -0.25) is 4.98 Å². The van der Waals surface area contributed by atoms with Crippen LogP contribution >= 0.6 is 0 Å². The molecule has 1 N–H and O–H groups in total. The number of benzene rings is 2. The van der Waals surface area contributed by atoms with Gasteiger partial charge in [-0.05, 0) is 43.3 Å². The minimum atomic E-state index is 0.643. The first-order chi connectivity index (χ1) is 11.7. The fraction of sp³-hybridized carbons (Fsp3) is 0.211. The van der Waals surface area contributed by atoms with E-state index in [-0.39, 0.29) is 0 Å². The lowest BCUT2D eigenvalue weighted by molar-refractivity contribution is 0.355. The summed E-state index contributed by atoms with van der Waals surface area (Å²) in [7, 11) is 3.22. The summed E-state index contributed by atoms with van der Waals surface area (Å²) < 4.78 is 16.7. The van der Waals surface area contributed by atoms with Crippen LogP contribution < -0.4 is 19.5 Å². The normalized spacial score (nSPS) is 10.5. The molecule has 0 bridgehead atoms. The van der Waals surface area contributed by atoms with Gasteiger partial charge in [-0.25, -0.2) is 0 Å². The molecule has 2 aromatic carbocycles. The molecule has 1 heterocycles. The van der Waals surface area contributed by atoms with Gasteiger partial charge in [0.05, 0.1) is 19.7 Å². The molecule has 5 heteroatoms. The van der Waals surface area contributed by atoms with Crippen molar-refractivity contribution >= 4 is 16.6 Å². The van der Waals surface area contributed by atoms with Gasteiger partial charge in [-0.2, -0.15) is 0 Å². The summed E-state index contributed by atoms with van der Waals surface area (Å²) in [6.45, 7) is 2.95. The van der Waals surface area contributed by atoms with E-state index in [1.54, 1.807) is 20.4 Å². The minimum Gasteiger partial charge on any atom is -0.493 e. The number of ether oxygens (including phenoxy) is 3. The predicted octanol–water partition coefficient (Wildman–Crippen LogP) is 4.48. The Hall–Kier alpha value is -2.95. The topological polar surface area (TPSA) is 52.6 Å². The number of hydrogen-bond acceptors (Lipinski definition) is 5. The zero-order valence-electron chi connectivity index (χ0n) is 14.0. The number of methoxy groups -OCH3 is 2. The fourth-order valence-corrected chi connectivity index (χ4v) is 2.51. The maximum atomic E-state index is 6.03. The number of hydrogen-bond donors (Lipinski definition) is 1. The van der Waals surface area contributed by atoms with Crippen LogP contribution in [0.3, 0.4) is 0 Å². The van der Waals surface area contributed by atoms with Gasteiger partial charge in [0.25, 0.3) is 0 Å². The maximum Gasteiger partial charge on any atom is 0.162 e. The van der Waals surface area contributed by atoms with Crippen LogP contribution in [0.25, 0.3) is 10.9 Å². The van der Waals surface area contributed by atoms with Gasteiger partial charge in [-0.1, -0.05) is 0 Å². The third kappa shape index (κ3) is 3.20. The molecule has 0 radical (unpaired) electrons. The van der Waals surface area contributed by atoms with Crippen LogP contribution in [0.4, 0.5) is 5.69 Å². The molecule has 0 unspecified atom stereocenters. The van der Waals surface area contributed by atoms with Crippen molar-refractivity contribution in [1.29, 1.82) is 0 Å². The number of nitrogens with one attached hydrogen (secondary N) is 1. The Labute approximate surface area is 141 Å². The Morgan fingerprint density at radius 2 is 1.62 bits per heavy atom. The summed E-state index contributed by atoms with van der Waals surface area (Å²) in [5.41, 5.74) is 1.85. The predicted molar refractivity (Wildman–Crippen MR) is 95.5 cm³/mol. The molecule has 0 saturated carbocycles. The van der Waals surface area contributed by atoms with Crippen molar-refractivity contribution in [2.45, 2.75) is 6.92 Å². The van der Waals surface area contributed by atoms with E-state index in [0.29, 0.717) is 11.5 Å². The van der Waals surface area contributed by atoms with Crippen LogP contribution in [-0.4, -0.2) is 25.7 Å². The van der Waals surface area contributed by atoms with Crippen LogP contribution in [0.2, 0.25) is 0 Å². The van der Waals surface area contributed by atoms with Gasteiger partial charge in [0.2, 0.25) is 0 Å². The molecular weight excluding hydrogens is 304 g/mol. The number of pyridine rings is 1. The first-order valence-corrected chi connectivity index (χ1v) is 7.77. The molecular formula is C19H20N2O3. The lowest BCUT2D eigenvalue weighted by Gasteiger charge is -2.12. The molecule has 0 fully saturated rings. The number of anilines is 1. The highest BCUT2D eigenvalue weighted by Gasteiger charge is 2.11. The van der Waals surface area contributed by atoms with Crippen molar-refractivity contribution in [3.63, 3.8) is 0 Å². The van der Waals surface area contributed by atoms with E-state index >= 15 is 0 Å². The highest BCUT2D eigenvalue weighted by molar-refractivity contribution is 5.88. The van der Waals surface area contributed by atoms with E-state index in [9.17, 15) is 0 Å². The Bertz CT molecular complexity index is 832. The molecule has 0 amide bonds. The van der Waals surface area contributed by atoms with Crippen molar-refractivity contribution in [2.75, 3.05) is 26.1 Å². The first-order valence-electron chi connectivity index (χ1n) is 7.77. The molecule has 1 aromatic heterocycles. The number of rotatable bonds is 6. The molecule has 0 atom stereocenters. The molecule has 124 valence electrons. The standard InChI is InChI=1S/C19H20N2O3/c1-4-20-13-5-7-14(8-6-13)24-17-9-10-21-16-12-19(23-3)18(22-2)11-15(16)17/h5-12,20H,4H2,1-3H3. The largest absolute Gasteiger partial charge is 0.493 e. The lowest BCUT2D eigenvalue weighted by atomic mass is 10.2. The summed E-state index contributed by atoms with van der Waals surface area (Å²) in [5, 5.41) is 4.13. The minimum absolute atomic E-state index is 0.643. The van der Waals surface area contributed by atoms with Crippen molar-refractivity contribution in [2.24, 2.45) is 0 Å². The second kappa shape index (κ2) is 7.08. The van der Waals surface area contributed by atoms with Crippen LogP contribution in [-0.2, 0) is 0 Å². The monoisotopic (exact) mass is 324 g/mol. The van der Waals surface area contributed by atoms with Crippen LogP contribution in [0.1, 0.15) is 6.92 Å². The smallest absolute Gasteiger partial charge is 0.162 e. The van der Waals surface area contributed by atoms with Crippen molar-refractivity contribution in [3.05, 3.63) is 48.7 Å². The third-order valence-corrected chi connectivity index (χ3v) is 3.67. The Morgan fingerprint density at radius 3 is 2.29 bits per heavy atom. The highest BCUT2D eigenvalue weighted by Crippen LogP contribution is 2.36. The fourth-order valence-electron chi connectivity index (χ4n) is 2.51. The molecule has 3 aromatic rings. The number of fused-ring (bicyclic) bond motifs is 1. The van der Waals surface area contributed by atoms with Crippen LogP contribution in [0.15, 0.2) is 48.7 Å². The van der Waals surface area contributed by atoms with Gasteiger partial charge >= 0.3 is 0 Å². The number of aromatic nitrogens is 1. The summed E-state index contributed by atoms with van der Waals surface area (Å²) in [6, 6.07) is 13.4. The van der Waals surface area contributed by atoms with Crippen LogP contribution in [0, 0.1) is 0 Å². The van der Waals surface area contributed by atoms with Gasteiger partial charge in [0.15, 0.2) is 11.5 Å². The van der Waals surface area contributed by atoms with E-state index in [1.165, 1.54) is 0 Å². The van der Waals surface area contributed by atoms with E-state index in [4.69, 9.17) is 14.2 Å². The van der Waals surface area contributed by atoms with Gasteiger partial charge in [0, 0.05) is 29.9 Å². The van der Waals surface area contributed by atoms with Gasteiger partial charge in [0.1, 0.15) is 11.5 Å². The molecule has 5 nitrogen and oxygen atoms in total. The van der Waals surface area contributed by atoms with E-state index in [1.807, 2.05) is 42.5 Å². The number of nitrogens with zero attached hydrogens (tertiary/aromatic N) is 1. The first kappa shape index (κ1) is 15.9. The summed E-state index contributed by atoms with van der Waals surface area (Å²) in [4.78, 5) is 4.38. The van der Waals surface area contributed by atoms with Gasteiger partial charge in [-0.15, -0.1) is 0 Å². The average Bonchev–Trinajstić information content (AvgIpc) is 2.62. The van der Waals surface area contributed by atoms with E-state index < -0.39 is 0 Å². The molecule has 0 aliphatic rings. The Morgan fingerprint density at radius 1 is 0.917 bits per heavy atom. The Balaban J connectivity index is 1.96. The zero-order valence-corrected chi connectivity index (χ0v) is 14.0. The average molecular weight is 324 g/mol. The molecule has 0 aliphatic heterocycles. The van der Waals surface area contributed by atoms with Crippen molar-refractivity contribution < 1.29 is 14.2 Å². The maximum absolute atomic E-state index is 6.03. The molecule has 0 aliphatic carbocycles. The molecule has 0 spiro atoms. The highest BCUT2D eigenvalue weighted by atomic mass is 16.5. The third-order valence-electron chi connectivity index (χ3n) is 3.67. The molecule has 24 heavy (non-hydrogen) atoms. The second-order valence-electron chi connectivity index (χ2n) is 5.19. The van der Waals surface area contributed by atoms with Crippen molar-refractivity contribution in [3.8, 4) is 23.0 Å². The van der Waals surface area contributed by atoms with Crippen molar-refractivity contribution in [1.82, 2.24) is 4.98 Å². The van der Waals surface area contributed by atoms with E-state index in [2.05, 4.69) is 17.2 Å². The van der Waals surface area contributed by atoms with Crippen LogP contribution in [0.5, 0.6) is 23.0 Å². The molecule has 3 rings (SSSR count). The summed E-state index contributed by atoms with van der Waals surface area (Å²) in [5.74, 6) is 2.77. The lowest BCUT2D eigenvalue weighted by Crippen LogP contribution is -1.96. The molecule has 0 saturated heterocycles. The quantitative estimate of drug-likeness (QED) is 0.724. The summed E-state index contributed by atoms with van der Waals surface area (Å²) in [6.07, 6.45) is 1.72. The SMILES string of the molecule is CCNc1ccc(Oc2ccnc3cc(OC)c(OC)cc23)cc1.